The van der Waals surface area contributed by atoms with Crippen LogP contribution in [0.15, 0.2) is 42.5 Å². The summed E-state index contributed by atoms with van der Waals surface area (Å²) in [6.07, 6.45) is 0. The summed E-state index contributed by atoms with van der Waals surface area (Å²) in [4.78, 5) is 23.0. The van der Waals surface area contributed by atoms with Crippen LogP contribution in [0, 0.1) is 6.92 Å². The van der Waals surface area contributed by atoms with Crippen LogP contribution in [0.3, 0.4) is 0 Å². The van der Waals surface area contributed by atoms with Crippen LogP contribution in [0.2, 0.25) is 0 Å². The molecule has 0 saturated heterocycles. The second kappa shape index (κ2) is 7.31. The molecule has 120 valence electrons. The van der Waals surface area contributed by atoms with E-state index in [0.717, 1.165) is 5.56 Å². The lowest BCUT2D eigenvalue weighted by molar-refractivity contribution is -0.118. The molecule has 0 spiro atoms. The molecule has 0 radical (unpaired) electrons. The van der Waals surface area contributed by atoms with Crippen molar-refractivity contribution in [3.8, 4) is 11.5 Å². The highest BCUT2D eigenvalue weighted by molar-refractivity contribution is 5.96. The fourth-order valence-electron chi connectivity index (χ4n) is 1.98. The van der Waals surface area contributed by atoms with E-state index in [-0.39, 0.29) is 17.9 Å². The van der Waals surface area contributed by atoms with Gasteiger partial charge in [-0.05, 0) is 42.8 Å². The molecule has 0 fully saturated rings. The molecule has 0 atom stereocenters. The van der Waals surface area contributed by atoms with Gasteiger partial charge in [0.05, 0.1) is 18.4 Å². The Hall–Kier alpha value is -3.02. The van der Waals surface area contributed by atoms with E-state index in [1.807, 2.05) is 25.1 Å². The molecule has 0 saturated carbocycles. The van der Waals surface area contributed by atoms with Crippen molar-refractivity contribution in [3.05, 3.63) is 53.6 Å². The predicted molar refractivity (Wildman–Crippen MR) is 85.3 cm³/mol. The van der Waals surface area contributed by atoms with Gasteiger partial charge in [-0.2, -0.15) is 0 Å². The third-order valence-electron chi connectivity index (χ3n) is 3.08. The third-order valence-corrected chi connectivity index (χ3v) is 3.08. The number of ether oxygens (including phenoxy) is 2. The molecule has 0 aliphatic carbocycles. The summed E-state index contributed by atoms with van der Waals surface area (Å²) in [5.41, 5.74) is 1.37. The molecule has 2 rings (SSSR count). The van der Waals surface area contributed by atoms with Gasteiger partial charge >= 0.3 is 5.97 Å². The summed E-state index contributed by atoms with van der Waals surface area (Å²) in [6, 6.07) is 11.6. The molecular weight excluding hydrogens is 298 g/mol. The van der Waals surface area contributed by atoms with Gasteiger partial charge in [0.2, 0.25) is 0 Å². The fraction of sp³-hybridized carbons (Fsp3) is 0.176. The van der Waals surface area contributed by atoms with Crippen molar-refractivity contribution in [2.45, 2.75) is 6.92 Å². The van der Waals surface area contributed by atoms with Gasteiger partial charge in [-0.1, -0.05) is 12.1 Å². The first-order valence-corrected chi connectivity index (χ1v) is 6.90. The number of anilines is 1. The molecule has 6 nitrogen and oxygen atoms in total. The van der Waals surface area contributed by atoms with Gasteiger partial charge < -0.3 is 19.9 Å². The molecule has 2 aromatic carbocycles. The maximum atomic E-state index is 12.0. The van der Waals surface area contributed by atoms with Crippen molar-refractivity contribution in [2.24, 2.45) is 0 Å². The van der Waals surface area contributed by atoms with E-state index in [0.29, 0.717) is 11.5 Å². The predicted octanol–water partition coefficient (Wildman–Crippen LogP) is 2.72. The minimum Gasteiger partial charge on any atom is -0.495 e. The van der Waals surface area contributed by atoms with Gasteiger partial charge in [0.25, 0.3) is 5.91 Å². The number of nitrogens with one attached hydrogen (secondary N) is 1. The normalized spacial score (nSPS) is 10.0. The monoisotopic (exact) mass is 315 g/mol. The standard InChI is InChI=1S/C17H17NO5/c1-11-4-3-5-13(8-11)23-10-16(19)18-14-9-12(17(20)21)6-7-15(14)22-2/h3-9H,10H2,1-2H3,(H,18,19)(H,20,21). The quantitative estimate of drug-likeness (QED) is 0.856. The van der Waals surface area contributed by atoms with E-state index in [1.165, 1.54) is 25.3 Å². The molecule has 0 aromatic heterocycles. The lowest BCUT2D eigenvalue weighted by Gasteiger charge is -2.12. The number of hydrogen-bond acceptors (Lipinski definition) is 4. The van der Waals surface area contributed by atoms with Crippen LogP contribution in [0.25, 0.3) is 0 Å². The van der Waals surface area contributed by atoms with E-state index in [4.69, 9.17) is 14.6 Å². The van der Waals surface area contributed by atoms with Gasteiger partial charge in [-0.25, -0.2) is 4.79 Å². The van der Waals surface area contributed by atoms with Crippen molar-refractivity contribution >= 4 is 17.6 Å². The van der Waals surface area contributed by atoms with Gasteiger partial charge in [-0.3, -0.25) is 4.79 Å². The van der Waals surface area contributed by atoms with Gasteiger partial charge in [-0.15, -0.1) is 0 Å². The zero-order valence-electron chi connectivity index (χ0n) is 12.8. The average molecular weight is 315 g/mol. The topological polar surface area (TPSA) is 84.9 Å². The first-order chi connectivity index (χ1) is 11.0. The Bertz CT molecular complexity index is 727. The van der Waals surface area contributed by atoms with Crippen molar-refractivity contribution in [3.63, 3.8) is 0 Å². The number of methoxy groups -OCH3 is 1. The van der Waals surface area contributed by atoms with Crippen molar-refractivity contribution in [1.82, 2.24) is 0 Å². The van der Waals surface area contributed by atoms with Crippen LogP contribution < -0.4 is 14.8 Å². The number of carbonyl (C=O) groups excluding carboxylic acids is 1. The Morgan fingerprint density at radius 1 is 1.17 bits per heavy atom. The molecule has 1 amide bonds. The number of carbonyl (C=O) groups is 2. The summed E-state index contributed by atoms with van der Waals surface area (Å²) in [5.74, 6) is -0.531. The van der Waals surface area contributed by atoms with Gasteiger partial charge in [0.15, 0.2) is 6.61 Å². The second-order valence-corrected chi connectivity index (χ2v) is 4.87. The highest BCUT2D eigenvalue weighted by atomic mass is 16.5. The van der Waals surface area contributed by atoms with Crippen LogP contribution in [-0.4, -0.2) is 30.7 Å². The first kappa shape index (κ1) is 16.4. The van der Waals surface area contributed by atoms with Crippen LogP contribution in [0.1, 0.15) is 15.9 Å². The number of hydrogen-bond donors (Lipinski definition) is 2. The Labute approximate surface area is 133 Å². The van der Waals surface area contributed by atoms with Crippen LogP contribution in [0.5, 0.6) is 11.5 Å². The highest BCUT2D eigenvalue weighted by Gasteiger charge is 2.12. The number of benzene rings is 2. The maximum Gasteiger partial charge on any atom is 0.335 e. The van der Waals surface area contributed by atoms with E-state index in [9.17, 15) is 9.59 Å². The molecule has 23 heavy (non-hydrogen) atoms. The Morgan fingerprint density at radius 2 is 1.96 bits per heavy atom. The minimum absolute atomic E-state index is 0.0562. The smallest absolute Gasteiger partial charge is 0.335 e. The summed E-state index contributed by atoms with van der Waals surface area (Å²) >= 11 is 0. The maximum absolute atomic E-state index is 12.0. The molecular formula is C17H17NO5. The number of aryl methyl sites for hydroxylation is 1. The summed E-state index contributed by atoms with van der Waals surface area (Å²) in [6.45, 7) is 1.74. The zero-order valence-corrected chi connectivity index (χ0v) is 12.8. The van der Waals surface area contributed by atoms with E-state index >= 15 is 0 Å². The lowest BCUT2D eigenvalue weighted by Crippen LogP contribution is -2.20. The Balaban J connectivity index is 2.04. The summed E-state index contributed by atoms with van der Waals surface area (Å²) < 4.78 is 10.5. The van der Waals surface area contributed by atoms with Gasteiger partial charge in [0.1, 0.15) is 11.5 Å². The summed E-state index contributed by atoms with van der Waals surface area (Å²) in [7, 11) is 1.44. The third kappa shape index (κ3) is 4.47. The van der Waals surface area contributed by atoms with E-state index in [1.54, 1.807) is 6.07 Å². The minimum atomic E-state index is -1.08. The highest BCUT2D eigenvalue weighted by Crippen LogP contribution is 2.25. The number of rotatable bonds is 6. The number of carboxylic acid groups (broad SMARTS) is 1. The van der Waals surface area contributed by atoms with Crippen molar-refractivity contribution < 1.29 is 24.2 Å². The average Bonchev–Trinajstić information content (AvgIpc) is 2.53. The molecule has 2 aromatic rings. The molecule has 0 aliphatic rings. The SMILES string of the molecule is COc1ccc(C(=O)O)cc1NC(=O)COc1cccc(C)c1. The van der Waals surface area contributed by atoms with Crippen molar-refractivity contribution in [2.75, 3.05) is 19.0 Å². The zero-order chi connectivity index (χ0) is 16.8. The molecule has 0 unspecified atom stereocenters. The molecule has 0 aliphatic heterocycles. The second-order valence-electron chi connectivity index (χ2n) is 4.87. The van der Waals surface area contributed by atoms with Crippen LogP contribution in [-0.2, 0) is 4.79 Å². The molecule has 2 N–H and O–H groups in total. The first-order valence-electron chi connectivity index (χ1n) is 6.90. The van der Waals surface area contributed by atoms with Gasteiger partial charge in [0, 0.05) is 0 Å². The molecule has 6 heteroatoms. The van der Waals surface area contributed by atoms with Crippen LogP contribution >= 0.6 is 0 Å². The van der Waals surface area contributed by atoms with Crippen LogP contribution in [0.4, 0.5) is 5.69 Å². The van der Waals surface area contributed by atoms with E-state index < -0.39 is 11.9 Å². The summed E-state index contributed by atoms with van der Waals surface area (Å²) in [5, 5.41) is 11.6. The molecule has 0 bridgehead atoms. The number of aromatic carboxylic acids is 1. The van der Waals surface area contributed by atoms with Crippen molar-refractivity contribution in [1.29, 1.82) is 0 Å². The fourth-order valence-corrected chi connectivity index (χ4v) is 1.98. The number of carboxylic acids is 1. The van der Waals surface area contributed by atoms with E-state index in [2.05, 4.69) is 5.32 Å². The number of amides is 1. The molecule has 0 heterocycles. The Morgan fingerprint density at radius 3 is 2.61 bits per heavy atom. The lowest BCUT2D eigenvalue weighted by atomic mass is 10.2. The largest absolute Gasteiger partial charge is 0.495 e. The Kier molecular flexibility index (Phi) is 5.19.